The number of H-pyrrole nitrogens is 1. The second-order valence-corrected chi connectivity index (χ2v) is 3.51. The summed E-state index contributed by atoms with van der Waals surface area (Å²) < 4.78 is 5.50. The van der Waals surface area contributed by atoms with Gasteiger partial charge in [-0.1, -0.05) is 0 Å². The molecule has 1 aliphatic rings. The maximum Gasteiger partial charge on any atom is 0.135 e. The summed E-state index contributed by atoms with van der Waals surface area (Å²) in [5.74, 6) is 0.921. The van der Waals surface area contributed by atoms with Crippen LogP contribution in [0.25, 0.3) is 0 Å². The van der Waals surface area contributed by atoms with E-state index in [4.69, 9.17) is 10.5 Å². The van der Waals surface area contributed by atoms with Gasteiger partial charge in [0, 0.05) is 18.8 Å². The van der Waals surface area contributed by atoms with Crippen LogP contribution in [0.2, 0.25) is 0 Å². The van der Waals surface area contributed by atoms with E-state index < -0.39 is 0 Å². The van der Waals surface area contributed by atoms with Crippen molar-refractivity contribution in [3.8, 4) is 0 Å². The number of hydrogen-bond donors (Lipinski definition) is 2. The minimum absolute atomic E-state index is 0.0163. The zero-order chi connectivity index (χ0) is 9.26. The quantitative estimate of drug-likeness (QED) is 0.722. The monoisotopic (exact) mass is 181 g/mol. The maximum absolute atomic E-state index is 5.71. The summed E-state index contributed by atoms with van der Waals surface area (Å²) in [6, 6.07) is 0.0163. The lowest BCUT2D eigenvalue weighted by Crippen LogP contribution is -2.06. The number of aromatic amines is 1. The Labute approximate surface area is 77.5 Å². The summed E-state index contributed by atoms with van der Waals surface area (Å²) in [6.45, 7) is 2.78. The van der Waals surface area contributed by atoms with E-state index in [0.717, 1.165) is 31.0 Å². The molecule has 1 saturated heterocycles. The predicted molar refractivity (Wildman–Crippen MR) is 49.1 cm³/mol. The molecule has 2 atom stereocenters. The van der Waals surface area contributed by atoms with Gasteiger partial charge in [-0.3, -0.25) is 0 Å². The van der Waals surface area contributed by atoms with Gasteiger partial charge < -0.3 is 15.5 Å². The van der Waals surface area contributed by atoms with Gasteiger partial charge in [0.05, 0.1) is 5.69 Å². The zero-order valence-electron chi connectivity index (χ0n) is 7.79. The Kier molecular flexibility index (Phi) is 2.33. The lowest BCUT2D eigenvalue weighted by atomic mass is 10.2. The van der Waals surface area contributed by atoms with Crippen molar-refractivity contribution < 1.29 is 4.74 Å². The molecule has 3 N–H and O–H groups in total. The summed E-state index contributed by atoms with van der Waals surface area (Å²) in [6.07, 6.45) is 4.14. The number of hydrogen-bond acceptors (Lipinski definition) is 3. The molecule has 1 fully saturated rings. The molecule has 0 spiro atoms. The van der Waals surface area contributed by atoms with Gasteiger partial charge >= 0.3 is 0 Å². The van der Waals surface area contributed by atoms with Crippen molar-refractivity contribution in [3.05, 3.63) is 17.7 Å². The standard InChI is InChI=1S/C9H15N3O/c1-6(10)7-5-11-9(12-7)8-3-2-4-13-8/h5-6,8H,2-4,10H2,1H3,(H,11,12). The van der Waals surface area contributed by atoms with Crippen LogP contribution in [0.1, 0.15) is 43.4 Å². The Bertz CT molecular complexity index is 276. The number of ether oxygens (including phenoxy) is 1. The van der Waals surface area contributed by atoms with E-state index in [9.17, 15) is 0 Å². The van der Waals surface area contributed by atoms with Crippen LogP contribution >= 0.6 is 0 Å². The average Bonchev–Trinajstić information content (AvgIpc) is 2.75. The molecule has 1 aromatic rings. The zero-order valence-corrected chi connectivity index (χ0v) is 7.79. The number of rotatable bonds is 2. The van der Waals surface area contributed by atoms with Crippen molar-refractivity contribution in [1.29, 1.82) is 0 Å². The van der Waals surface area contributed by atoms with E-state index in [1.165, 1.54) is 0 Å². The van der Waals surface area contributed by atoms with Crippen molar-refractivity contribution in [2.75, 3.05) is 6.61 Å². The molecule has 0 amide bonds. The molecule has 0 aromatic carbocycles. The Balaban J connectivity index is 2.12. The number of imidazole rings is 1. The van der Waals surface area contributed by atoms with E-state index in [-0.39, 0.29) is 12.1 Å². The van der Waals surface area contributed by atoms with Gasteiger partial charge in [-0.25, -0.2) is 4.98 Å². The first-order chi connectivity index (χ1) is 6.27. The van der Waals surface area contributed by atoms with Gasteiger partial charge in [0.2, 0.25) is 0 Å². The highest BCUT2D eigenvalue weighted by Crippen LogP contribution is 2.26. The Morgan fingerprint density at radius 3 is 3.15 bits per heavy atom. The second-order valence-electron chi connectivity index (χ2n) is 3.51. The smallest absolute Gasteiger partial charge is 0.135 e. The molecule has 1 aliphatic heterocycles. The largest absolute Gasteiger partial charge is 0.370 e. The van der Waals surface area contributed by atoms with Crippen LogP contribution < -0.4 is 5.73 Å². The third-order valence-electron chi connectivity index (χ3n) is 2.34. The van der Waals surface area contributed by atoms with E-state index >= 15 is 0 Å². The number of nitrogens with two attached hydrogens (primary N) is 1. The van der Waals surface area contributed by atoms with Crippen LogP contribution in [0.15, 0.2) is 6.20 Å². The molecule has 2 heterocycles. The van der Waals surface area contributed by atoms with Gasteiger partial charge in [-0.2, -0.15) is 0 Å². The number of nitrogens with zero attached hydrogens (tertiary/aromatic N) is 1. The van der Waals surface area contributed by atoms with Crippen LogP contribution in [-0.2, 0) is 4.74 Å². The molecule has 0 aliphatic carbocycles. The second kappa shape index (κ2) is 3.47. The van der Waals surface area contributed by atoms with Crippen molar-refractivity contribution in [2.24, 2.45) is 5.73 Å². The highest BCUT2D eigenvalue weighted by molar-refractivity contribution is 5.07. The Morgan fingerprint density at radius 1 is 1.77 bits per heavy atom. The molecule has 0 bridgehead atoms. The van der Waals surface area contributed by atoms with Crippen molar-refractivity contribution in [1.82, 2.24) is 9.97 Å². The molecule has 13 heavy (non-hydrogen) atoms. The van der Waals surface area contributed by atoms with Gasteiger partial charge in [-0.15, -0.1) is 0 Å². The molecule has 0 saturated carbocycles. The van der Waals surface area contributed by atoms with Gasteiger partial charge in [0.15, 0.2) is 0 Å². The minimum Gasteiger partial charge on any atom is -0.370 e. The first-order valence-corrected chi connectivity index (χ1v) is 4.69. The van der Waals surface area contributed by atoms with Crippen LogP contribution in [0.5, 0.6) is 0 Å². The fourth-order valence-electron chi connectivity index (χ4n) is 1.54. The molecule has 1 aromatic heterocycles. The fraction of sp³-hybridized carbons (Fsp3) is 0.667. The Hall–Kier alpha value is -0.870. The van der Waals surface area contributed by atoms with Gasteiger partial charge in [-0.05, 0) is 19.8 Å². The highest BCUT2D eigenvalue weighted by Gasteiger charge is 2.20. The molecule has 4 heteroatoms. The van der Waals surface area contributed by atoms with E-state index in [1.54, 1.807) is 6.20 Å². The summed E-state index contributed by atoms with van der Waals surface area (Å²) in [4.78, 5) is 7.45. The SMILES string of the molecule is CC(N)c1cnc(C2CCCO2)[nH]1. The van der Waals surface area contributed by atoms with Crippen molar-refractivity contribution in [3.63, 3.8) is 0 Å². The molecule has 2 rings (SSSR count). The minimum atomic E-state index is 0.0163. The first-order valence-electron chi connectivity index (χ1n) is 4.69. The lowest BCUT2D eigenvalue weighted by molar-refractivity contribution is 0.105. The van der Waals surface area contributed by atoms with E-state index in [1.807, 2.05) is 6.92 Å². The summed E-state index contributed by atoms with van der Waals surface area (Å²) in [7, 11) is 0. The number of aromatic nitrogens is 2. The predicted octanol–water partition coefficient (Wildman–Crippen LogP) is 1.28. The molecule has 0 radical (unpaired) electrons. The molecule has 2 unspecified atom stereocenters. The summed E-state index contributed by atoms with van der Waals surface area (Å²) >= 11 is 0. The van der Waals surface area contributed by atoms with Crippen LogP contribution in [0, 0.1) is 0 Å². The van der Waals surface area contributed by atoms with Crippen molar-refractivity contribution >= 4 is 0 Å². The van der Waals surface area contributed by atoms with Gasteiger partial charge in [0.25, 0.3) is 0 Å². The molecule has 4 nitrogen and oxygen atoms in total. The molecular formula is C9H15N3O. The molecular weight excluding hydrogens is 166 g/mol. The van der Waals surface area contributed by atoms with E-state index in [0.29, 0.717) is 0 Å². The Morgan fingerprint density at radius 2 is 2.62 bits per heavy atom. The third-order valence-corrected chi connectivity index (χ3v) is 2.34. The van der Waals surface area contributed by atoms with Crippen LogP contribution in [0.4, 0.5) is 0 Å². The lowest BCUT2D eigenvalue weighted by Gasteiger charge is -2.05. The topological polar surface area (TPSA) is 63.9 Å². The fourth-order valence-corrected chi connectivity index (χ4v) is 1.54. The highest BCUT2D eigenvalue weighted by atomic mass is 16.5. The maximum atomic E-state index is 5.71. The first kappa shape index (κ1) is 8.72. The molecule has 72 valence electrons. The number of nitrogens with one attached hydrogen (secondary N) is 1. The van der Waals surface area contributed by atoms with Crippen LogP contribution in [-0.4, -0.2) is 16.6 Å². The normalized spacial score (nSPS) is 24.9. The summed E-state index contributed by atoms with van der Waals surface area (Å²) in [5.41, 5.74) is 6.69. The van der Waals surface area contributed by atoms with Gasteiger partial charge in [0.1, 0.15) is 11.9 Å². The van der Waals surface area contributed by atoms with E-state index in [2.05, 4.69) is 9.97 Å². The van der Waals surface area contributed by atoms with Crippen molar-refractivity contribution in [2.45, 2.75) is 31.9 Å². The van der Waals surface area contributed by atoms with Crippen LogP contribution in [0.3, 0.4) is 0 Å². The third kappa shape index (κ3) is 1.73. The average molecular weight is 181 g/mol. The summed E-state index contributed by atoms with van der Waals surface area (Å²) in [5, 5.41) is 0.